The number of halogens is 2. The minimum Gasteiger partial charge on any atom is -0.207 e. The maximum Gasteiger partial charge on any atom is 0.126 e. The molecule has 0 amide bonds. The summed E-state index contributed by atoms with van der Waals surface area (Å²) in [5.41, 5.74) is 0.296. The molecule has 1 aliphatic rings. The summed E-state index contributed by atoms with van der Waals surface area (Å²) in [6.07, 6.45) is 0.761. The van der Waals surface area contributed by atoms with Crippen LogP contribution in [0.25, 0.3) is 0 Å². The lowest BCUT2D eigenvalue weighted by molar-refractivity contribution is 0.599. The van der Waals surface area contributed by atoms with E-state index in [9.17, 15) is 4.39 Å². The Labute approximate surface area is 90.7 Å². The maximum atomic E-state index is 13.4. The molecule has 1 aromatic rings. The summed E-state index contributed by atoms with van der Waals surface area (Å²) in [6.45, 7) is 1.87. The summed E-state index contributed by atoms with van der Waals surface area (Å²) in [4.78, 5) is 0. The average Bonchev–Trinajstić information content (AvgIpc) is 2.83. The Morgan fingerprint density at radius 3 is 2.93 bits per heavy atom. The second-order valence-corrected chi connectivity index (χ2v) is 4.87. The largest absolute Gasteiger partial charge is 0.207 e. The highest BCUT2D eigenvalue weighted by Crippen LogP contribution is 2.59. The Morgan fingerprint density at radius 2 is 2.36 bits per heavy atom. The molecule has 1 nitrogen and oxygen atoms in total. The van der Waals surface area contributed by atoms with E-state index in [1.165, 1.54) is 6.07 Å². The van der Waals surface area contributed by atoms with E-state index < -0.39 is 0 Å². The Kier molecular flexibility index (Phi) is 2.11. The van der Waals surface area contributed by atoms with E-state index in [2.05, 4.69) is 22.0 Å². The zero-order valence-electron chi connectivity index (χ0n) is 7.72. The smallest absolute Gasteiger partial charge is 0.126 e. The van der Waals surface area contributed by atoms with Crippen LogP contribution >= 0.6 is 15.9 Å². The molecule has 3 heteroatoms. The maximum absolute atomic E-state index is 13.4. The summed E-state index contributed by atoms with van der Waals surface area (Å²) >= 11 is 3.30. The van der Waals surface area contributed by atoms with Crippen LogP contribution in [0.15, 0.2) is 22.7 Å². The second kappa shape index (κ2) is 3.06. The molecule has 0 radical (unpaired) electrons. The number of hydrogen-bond acceptors (Lipinski definition) is 1. The van der Waals surface area contributed by atoms with Gasteiger partial charge in [0.25, 0.3) is 0 Å². The van der Waals surface area contributed by atoms with Gasteiger partial charge in [0, 0.05) is 10.4 Å². The van der Waals surface area contributed by atoms with Crippen molar-refractivity contribution in [2.45, 2.75) is 19.3 Å². The van der Waals surface area contributed by atoms with Gasteiger partial charge in [-0.05, 0) is 37.1 Å². The normalized spacial score (nSPS) is 29.7. The number of benzene rings is 1. The number of nitriles is 1. The van der Waals surface area contributed by atoms with Gasteiger partial charge in [-0.15, -0.1) is 0 Å². The van der Waals surface area contributed by atoms with Gasteiger partial charge < -0.3 is 0 Å². The van der Waals surface area contributed by atoms with Gasteiger partial charge in [0.15, 0.2) is 0 Å². The fourth-order valence-corrected chi connectivity index (χ4v) is 2.10. The Balaban J connectivity index is 2.36. The molecular weight excluding hydrogens is 245 g/mol. The quantitative estimate of drug-likeness (QED) is 0.751. The van der Waals surface area contributed by atoms with E-state index in [1.54, 1.807) is 12.1 Å². The van der Waals surface area contributed by atoms with Crippen molar-refractivity contribution in [3.63, 3.8) is 0 Å². The lowest BCUT2D eigenvalue weighted by Crippen LogP contribution is -1.95. The van der Waals surface area contributed by atoms with Crippen LogP contribution in [0, 0.1) is 22.6 Å². The first-order chi connectivity index (χ1) is 6.57. The van der Waals surface area contributed by atoms with Crippen molar-refractivity contribution >= 4 is 15.9 Å². The molecular formula is C11H9BrFN. The molecule has 0 N–H and O–H groups in total. The third kappa shape index (κ3) is 1.44. The van der Waals surface area contributed by atoms with Gasteiger partial charge in [-0.2, -0.15) is 5.26 Å². The van der Waals surface area contributed by atoms with Crippen LogP contribution in [0.3, 0.4) is 0 Å². The van der Waals surface area contributed by atoms with Crippen molar-refractivity contribution in [3.05, 3.63) is 34.1 Å². The summed E-state index contributed by atoms with van der Waals surface area (Å²) in [7, 11) is 0. The fourth-order valence-electron chi connectivity index (χ4n) is 1.72. The van der Waals surface area contributed by atoms with Crippen molar-refractivity contribution in [2.24, 2.45) is 5.41 Å². The van der Waals surface area contributed by atoms with E-state index in [0.717, 1.165) is 10.9 Å². The Hall–Kier alpha value is -0.880. The van der Waals surface area contributed by atoms with Gasteiger partial charge in [0.05, 0.1) is 11.5 Å². The van der Waals surface area contributed by atoms with E-state index in [-0.39, 0.29) is 17.2 Å². The molecule has 14 heavy (non-hydrogen) atoms. The van der Waals surface area contributed by atoms with Crippen LogP contribution < -0.4 is 0 Å². The highest BCUT2D eigenvalue weighted by molar-refractivity contribution is 9.10. The molecule has 0 bridgehead atoms. The Morgan fingerprint density at radius 1 is 1.64 bits per heavy atom. The number of nitrogens with zero attached hydrogens (tertiary/aromatic N) is 1. The van der Waals surface area contributed by atoms with Crippen molar-refractivity contribution < 1.29 is 4.39 Å². The molecule has 1 fully saturated rings. The molecule has 0 aromatic heterocycles. The monoisotopic (exact) mass is 253 g/mol. The lowest BCUT2D eigenvalue weighted by atomic mass is 10.0. The van der Waals surface area contributed by atoms with E-state index >= 15 is 0 Å². The second-order valence-electron chi connectivity index (χ2n) is 3.95. The van der Waals surface area contributed by atoms with E-state index in [0.29, 0.717) is 5.56 Å². The highest BCUT2D eigenvalue weighted by Gasteiger charge is 2.52. The zero-order chi connectivity index (χ0) is 10.3. The van der Waals surface area contributed by atoms with Crippen LogP contribution in [-0.4, -0.2) is 0 Å². The number of rotatable bonds is 1. The lowest BCUT2D eigenvalue weighted by Gasteiger charge is -2.04. The summed E-state index contributed by atoms with van der Waals surface area (Å²) in [6, 6.07) is 7.11. The third-order valence-corrected chi connectivity index (χ3v) is 3.32. The fraction of sp³-hybridized carbons (Fsp3) is 0.364. The molecule has 1 aromatic carbocycles. The summed E-state index contributed by atoms with van der Waals surface area (Å²) in [5, 5.41) is 8.87. The van der Waals surface area contributed by atoms with Gasteiger partial charge in [0.1, 0.15) is 5.82 Å². The SMILES string of the molecule is CC1(C#N)CC1c1cc(Br)ccc1F. The minimum atomic E-state index is -0.359. The average molecular weight is 254 g/mol. The van der Waals surface area contributed by atoms with Crippen molar-refractivity contribution in [1.82, 2.24) is 0 Å². The predicted octanol–water partition coefficient (Wildman–Crippen LogP) is 3.61. The first-order valence-electron chi connectivity index (χ1n) is 4.43. The molecule has 2 unspecified atom stereocenters. The first kappa shape index (κ1) is 9.67. The summed E-state index contributed by atoms with van der Waals surface area (Å²) in [5.74, 6) is -0.151. The van der Waals surface area contributed by atoms with Crippen LogP contribution in [0.1, 0.15) is 24.8 Å². The molecule has 0 aliphatic heterocycles. The van der Waals surface area contributed by atoms with Gasteiger partial charge in [-0.1, -0.05) is 15.9 Å². The standard InChI is InChI=1S/C11H9BrFN/c1-11(6-14)5-9(11)8-4-7(12)2-3-10(8)13/h2-4,9H,5H2,1H3. The van der Waals surface area contributed by atoms with Gasteiger partial charge in [-0.3, -0.25) is 0 Å². The molecule has 1 saturated carbocycles. The van der Waals surface area contributed by atoms with E-state index in [4.69, 9.17) is 5.26 Å². The molecule has 2 atom stereocenters. The van der Waals surface area contributed by atoms with Gasteiger partial charge in [0.2, 0.25) is 0 Å². The molecule has 72 valence electrons. The third-order valence-electron chi connectivity index (χ3n) is 2.83. The Bertz CT molecular complexity index is 424. The van der Waals surface area contributed by atoms with Crippen LogP contribution in [0.4, 0.5) is 4.39 Å². The van der Waals surface area contributed by atoms with Crippen LogP contribution in [0.5, 0.6) is 0 Å². The number of hydrogen-bond donors (Lipinski definition) is 0. The molecule has 2 rings (SSSR count). The van der Waals surface area contributed by atoms with E-state index in [1.807, 2.05) is 6.92 Å². The molecule has 0 spiro atoms. The highest BCUT2D eigenvalue weighted by atomic mass is 79.9. The van der Waals surface area contributed by atoms with Crippen molar-refractivity contribution in [3.8, 4) is 6.07 Å². The van der Waals surface area contributed by atoms with Crippen LogP contribution in [-0.2, 0) is 0 Å². The topological polar surface area (TPSA) is 23.8 Å². The summed E-state index contributed by atoms with van der Waals surface area (Å²) < 4.78 is 14.3. The van der Waals surface area contributed by atoms with Gasteiger partial charge in [-0.25, -0.2) is 4.39 Å². The first-order valence-corrected chi connectivity index (χ1v) is 5.22. The van der Waals surface area contributed by atoms with Crippen LogP contribution in [0.2, 0.25) is 0 Å². The van der Waals surface area contributed by atoms with Crippen molar-refractivity contribution in [1.29, 1.82) is 5.26 Å². The predicted molar refractivity (Wildman–Crippen MR) is 55.2 cm³/mol. The molecule has 1 aliphatic carbocycles. The van der Waals surface area contributed by atoms with Crippen molar-refractivity contribution in [2.75, 3.05) is 0 Å². The van der Waals surface area contributed by atoms with Gasteiger partial charge >= 0.3 is 0 Å². The molecule has 0 heterocycles. The molecule has 0 saturated heterocycles. The zero-order valence-corrected chi connectivity index (χ0v) is 9.31. The minimum absolute atomic E-state index is 0.0602.